The van der Waals surface area contributed by atoms with E-state index < -0.39 is 11.8 Å². The first-order valence-corrected chi connectivity index (χ1v) is 10.7. The molecular weight excluding hydrogens is 400 g/mol. The van der Waals surface area contributed by atoms with E-state index in [9.17, 15) is 9.59 Å². The van der Waals surface area contributed by atoms with Gasteiger partial charge in [-0.3, -0.25) is 9.59 Å². The van der Waals surface area contributed by atoms with Gasteiger partial charge in [0.25, 0.3) is 0 Å². The maximum Gasteiger partial charge on any atom is 0.329 e. The molecule has 6 nitrogen and oxygen atoms in total. The molecule has 32 heavy (non-hydrogen) atoms. The monoisotopic (exact) mass is 430 g/mol. The van der Waals surface area contributed by atoms with E-state index in [1.165, 1.54) is 11.1 Å². The van der Waals surface area contributed by atoms with Crippen molar-refractivity contribution < 1.29 is 9.59 Å². The fraction of sp³-hybridized carbons (Fsp3) is 0.269. The third-order valence-electron chi connectivity index (χ3n) is 5.63. The largest absolute Gasteiger partial charge is 0.329 e. The molecule has 1 aromatic heterocycles. The lowest BCUT2D eigenvalue weighted by atomic mass is 10.0. The zero-order valence-corrected chi connectivity index (χ0v) is 19.5. The van der Waals surface area contributed by atoms with E-state index in [0.717, 1.165) is 28.2 Å². The zero-order valence-electron chi connectivity index (χ0n) is 19.5. The van der Waals surface area contributed by atoms with Crippen LogP contribution in [-0.4, -0.2) is 22.6 Å². The van der Waals surface area contributed by atoms with Crippen LogP contribution in [0.5, 0.6) is 0 Å². The van der Waals surface area contributed by atoms with Gasteiger partial charge in [0.1, 0.15) is 0 Å². The number of hydrogen-bond donors (Lipinski definition) is 2. The van der Waals surface area contributed by atoms with Gasteiger partial charge < -0.3 is 9.88 Å². The second-order valence-corrected chi connectivity index (χ2v) is 8.36. The van der Waals surface area contributed by atoms with Crippen LogP contribution in [0.25, 0.3) is 5.69 Å². The smallest absolute Gasteiger partial charge is 0.318 e. The highest BCUT2D eigenvalue weighted by molar-refractivity contribution is 6.39. The Balaban J connectivity index is 1.66. The molecule has 2 amide bonds. The normalized spacial score (nSPS) is 11.2. The summed E-state index contributed by atoms with van der Waals surface area (Å²) in [5, 5.41) is 6.57. The zero-order chi connectivity index (χ0) is 23.4. The average molecular weight is 431 g/mol. The maximum atomic E-state index is 12.1. The van der Waals surface area contributed by atoms with E-state index in [4.69, 9.17) is 0 Å². The highest BCUT2D eigenvalue weighted by atomic mass is 16.2. The van der Waals surface area contributed by atoms with E-state index in [-0.39, 0.29) is 0 Å². The number of aryl methyl sites for hydroxylation is 3. The number of nitrogens with zero attached hydrogens (tertiary/aromatic N) is 2. The fourth-order valence-electron chi connectivity index (χ4n) is 3.53. The van der Waals surface area contributed by atoms with E-state index in [1.807, 2.05) is 32.0 Å². The predicted molar refractivity (Wildman–Crippen MR) is 130 cm³/mol. The molecule has 0 saturated heterocycles. The molecule has 0 aliphatic rings. The van der Waals surface area contributed by atoms with Crippen LogP contribution >= 0.6 is 0 Å². The molecule has 3 aromatic rings. The Labute approximate surface area is 189 Å². The summed E-state index contributed by atoms with van der Waals surface area (Å²) in [6.07, 6.45) is 1.56. The number of amides is 2. The topological polar surface area (TPSA) is 75.5 Å². The summed E-state index contributed by atoms with van der Waals surface area (Å²) < 4.78 is 2.14. The van der Waals surface area contributed by atoms with E-state index in [2.05, 4.69) is 66.3 Å². The molecule has 0 radical (unpaired) electrons. The molecule has 0 atom stereocenters. The molecule has 0 spiro atoms. The molecule has 1 heterocycles. The number of hydrogen-bond acceptors (Lipinski definition) is 3. The van der Waals surface area contributed by atoms with Crippen molar-refractivity contribution in [2.75, 3.05) is 5.32 Å². The van der Waals surface area contributed by atoms with Gasteiger partial charge in [0.2, 0.25) is 0 Å². The van der Waals surface area contributed by atoms with Crippen LogP contribution in [-0.2, 0) is 9.59 Å². The van der Waals surface area contributed by atoms with Gasteiger partial charge in [-0.25, -0.2) is 5.43 Å². The molecule has 2 N–H and O–H groups in total. The first kappa shape index (κ1) is 23.0. The van der Waals surface area contributed by atoms with Gasteiger partial charge in [0.15, 0.2) is 0 Å². The van der Waals surface area contributed by atoms with Crippen molar-refractivity contribution in [2.24, 2.45) is 5.10 Å². The SMILES string of the molecule is Cc1ccc(-n2c(C)cc(/C=N\NC(=O)C(=O)Nc3ccc(C(C)C)cc3)c2C)cc1C. The Kier molecular flexibility index (Phi) is 6.93. The fourth-order valence-corrected chi connectivity index (χ4v) is 3.53. The van der Waals surface area contributed by atoms with Crippen LogP contribution in [0.15, 0.2) is 53.6 Å². The summed E-state index contributed by atoms with van der Waals surface area (Å²) >= 11 is 0. The van der Waals surface area contributed by atoms with Crippen molar-refractivity contribution in [3.8, 4) is 5.69 Å². The Hall–Kier alpha value is -3.67. The van der Waals surface area contributed by atoms with Gasteiger partial charge in [-0.05, 0) is 80.6 Å². The second kappa shape index (κ2) is 9.64. The number of anilines is 1. The summed E-state index contributed by atoms with van der Waals surface area (Å²) in [7, 11) is 0. The van der Waals surface area contributed by atoms with E-state index in [1.54, 1.807) is 18.3 Å². The lowest BCUT2D eigenvalue weighted by Gasteiger charge is -2.11. The Bertz CT molecular complexity index is 1170. The number of benzene rings is 2. The van der Waals surface area contributed by atoms with Crippen molar-refractivity contribution in [3.63, 3.8) is 0 Å². The molecular formula is C26H30N4O2. The van der Waals surface area contributed by atoms with Gasteiger partial charge in [-0.2, -0.15) is 5.10 Å². The third-order valence-corrected chi connectivity index (χ3v) is 5.63. The summed E-state index contributed by atoms with van der Waals surface area (Å²) in [6.45, 7) is 12.4. The van der Waals surface area contributed by atoms with Gasteiger partial charge in [-0.15, -0.1) is 0 Å². The first-order valence-electron chi connectivity index (χ1n) is 10.7. The molecule has 0 bridgehead atoms. The Morgan fingerprint density at radius 3 is 2.22 bits per heavy atom. The molecule has 0 unspecified atom stereocenters. The Morgan fingerprint density at radius 2 is 1.59 bits per heavy atom. The van der Waals surface area contributed by atoms with Gasteiger partial charge >= 0.3 is 11.8 Å². The molecule has 0 fully saturated rings. The molecule has 0 aliphatic heterocycles. The standard InChI is InChI=1S/C26H30N4O2/c1-16(2)21-8-10-23(11-9-21)28-25(31)26(32)29-27-15-22-14-19(5)30(20(22)6)24-12-7-17(3)18(4)13-24/h7-16H,1-6H3,(H,28,31)(H,29,32)/b27-15-. The van der Waals surface area contributed by atoms with Crippen LogP contribution in [0.2, 0.25) is 0 Å². The second-order valence-electron chi connectivity index (χ2n) is 8.36. The molecule has 0 saturated carbocycles. The summed E-state index contributed by atoms with van der Waals surface area (Å²) in [5.74, 6) is -1.19. The third kappa shape index (κ3) is 5.14. The van der Waals surface area contributed by atoms with Crippen molar-refractivity contribution in [1.29, 1.82) is 0 Å². The Morgan fingerprint density at radius 1 is 0.906 bits per heavy atom. The van der Waals surface area contributed by atoms with Crippen LogP contribution < -0.4 is 10.7 Å². The lowest BCUT2D eigenvalue weighted by molar-refractivity contribution is -0.136. The van der Waals surface area contributed by atoms with Crippen LogP contribution in [0.1, 0.15) is 53.4 Å². The number of rotatable bonds is 5. The number of hydrazone groups is 1. The van der Waals surface area contributed by atoms with Crippen LogP contribution in [0.3, 0.4) is 0 Å². The number of aromatic nitrogens is 1. The summed E-state index contributed by atoms with van der Waals surface area (Å²) in [4.78, 5) is 24.3. The molecule has 0 aliphatic carbocycles. The summed E-state index contributed by atoms with van der Waals surface area (Å²) in [6, 6.07) is 15.8. The minimum atomic E-state index is -0.822. The minimum absolute atomic E-state index is 0.398. The number of carbonyl (C=O) groups is 2. The van der Waals surface area contributed by atoms with Gasteiger partial charge in [0, 0.05) is 28.3 Å². The molecule has 166 valence electrons. The van der Waals surface area contributed by atoms with E-state index in [0.29, 0.717) is 11.6 Å². The molecule has 3 rings (SSSR count). The highest BCUT2D eigenvalue weighted by Crippen LogP contribution is 2.22. The highest BCUT2D eigenvalue weighted by Gasteiger charge is 2.14. The first-order chi connectivity index (χ1) is 15.2. The maximum absolute atomic E-state index is 12.1. The average Bonchev–Trinajstić information content (AvgIpc) is 3.03. The number of nitrogens with one attached hydrogen (secondary N) is 2. The molecule has 2 aromatic carbocycles. The summed E-state index contributed by atoms with van der Waals surface area (Å²) in [5.41, 5.74) is 10.5. The van der Waals surface area contributed by atoms with Gasteiger partial charge in [-0.1, -0.05) is 32.0 Å². The van der Waals surface area contributed by atoms with Crippen molar-refractivity contribution in [2.45, 2.75) is 47.5 Å². The lowest BCUT2D eigenvalue weighted by Crippen LogP contribution is -2.32. The van der Waals surface area contributed by atoms with Crippen molar-refractivity contribution in [3.05, 3.63) is 82.2 Å². The van der Waals surface area contributed by atoms with Gasteiger partial charge in [0.05, 0.1) is 6.21 Å². The number of carbonyl (C=O) groups excluding carboxylic acids is 2. The molecule has 6 heteroatoms. The van der Waals surface area contributed by atoms with E-state index >= 15 is 0 Å². The predicted octanol–water partition coefficient (Wildman–Crippen LogP) is 4.92. The van der Waals surface area contributed by atoms with Crippen molar-refractivity contribution >= 4 is 23.7 Å². The van der Waals surface area contributed by atoms with Crippen LogP contribution in [0, 0.1) is 27.7 Å². The minimum Gasteiger partial charge on any atom is -0.318 e. The van der Waals surface area contributed by atoms with Crippen molar-refractivity contribution in [1.82, 2.24) is 9.99 Å². The van der Waals surface area contributed by atoms with Crippen LogP contribution in [0.4, 0.5) is 5.69 Å². The quantitative estimate of drug-likeness (QED) is 0.342.